The van der Waals surface area contributed by atoms with Crippen LogP contribution in [0.3, 0.4) is 0 Å². The molecular formula is C13H21N3O2. The van der Waals surface area contributed by atoms with Gasteiger partial charge in [0.2, 0.25) is 0 Å². The molecule has 0 aromatic carbocycles. The summed E-state index contributed by atoms with van der Waals surface area (Å²) in [6.07, 6.45) is 2.98. The van der Waals surface area contributed by atoms with Crippen LogP contribution in [-0.4, -0.2) is 23.0 Å². The average molecular weight is 251 g/mol. The number of hydrogen-bond acceptors (Lipinski definition) is 3. The highest BCUT2D eigenvalue weighted by Gasteiger charge is 2.21. The van der Waals surface area contributed by atoms with E-state index >= 15 is 0 Å². The van der Waals surface area contributed by atoms with Gasteiger partial charge in [-0.1, -0.05) is 13.8 Å². The normalized spacial score (nSPS) is 11.3. The second kappa shape index (κ2) is 5.82. The lowest BCUT2D eigenvalue weighted by atomic mass is 9.94. The van der Waals surface area contributed by atoms with E-state index < -0.39 is 5.54 Å². The summed E-state index contributed by atoms with van der Waals surface area (Å²) in [4.78, 5) is 26.4. The van der Waals surface area contributed by atoms with Gasteiger partial charge < -0.3 is 16.0 Å². The van der Waals surface area contributed by atoms with Crippen molar-refractivity contribution in [2.45, 2.75) is 39.2 Å². The van der Waals surface area contributed by atoms with Gasteiger partial charge in [-0.3, -0.25) is 9.59 Å². The summed E-state index contributed by atoms with van der Waals surface area (Å²) < 4.78 is 0. The van der Waals surface area contributed by atoms with Gasteiger partial charge in [-0.25, -0.2) is 0 Å². The minimum Gasteiger partial charge on any atom is -0.364 e. The molecule has 18 heavy (non-hydrogen) atoms. The fraction of sp³-hybridized carbons (Fsp3) is 0.538. The average Bonchev–Trinajstić information content (AvgIpc) is 2.35. The zero-order chi connectivity index (χ0) is 13.8. The lowest BCUT2D eigenvalue weighted by molar-refractivity contribution is 0.0940. The molecule has 100 valence electrons. The summed E-state index contributed by atoms with van der Waals surface area (Å²) in [6, 6.07) is 1.41. The highest BCUT2D eigenvalue weighted by atomic mass is 16.2. The highest BCUT2D eigenvalue weighted by Crippen LogP contribution is 2.09. The maximum Gasteiger partial charge on any atom is 0.256 e. The van der Waals surface area contributed by atoms with Gasteiger partial charge in [0.25, 0.3) is 5.91 Å². The van der Waals surface area contributed by atoms with Gasteiger partial charge in [-0.05, 0) is 19.8 Å². The van der Waals surface area contributed by atoms with E-state index in [4.69, 9.17) is 5.73 Å². The SMILES string of the molecule is CCC(N)(CC)CNC(=O)c1c[nH]c(C)cc1=O. The Kier molecular flexibility index (Phi) is 4.67. The van der Waals surface area contributed by atoms with E-state index in [1.165, 1.54) is 12.3 Å². The Morgan fingerprint density at radius 2 is 2.06 bits per heavy atom. The first-order valence-electron chi connectivity index (χ1n) is 6.18. The van der Waals surface area contributed by atoms with Crippen LogP contribution in [0.5, 0.6) is 0 Å². The van der Waals surface area contributed by atoms with Crippen LogP contribution in [0, 0.1) is 6.92 Å². The first kappa shape index (κ1) is 14.4. The zero-order valence-electron chi connectivity index (χ0n) is 11.2. The van der Waals surface area contributed by atoms with Crippen molar-refractivity contribution in [1.29, 1.82) is 0 Å². The van der Waals surface area contributed by atoms with Crippen molar-refractivity contribution in [2.75, 3.05) is 6.54 Å². The van der Waals surface area contributed by atoms with Crippen LogP contribution in [0.15, 0.2) is 17.1 Å². The molecule has 1 heterocycles. The Hall–Kier alpha value is -1.62. The standard InChI is InChI=1S/C13H21N3O2/c1-4-13(14,5-2)8-16-12(18)10-7-15-9(3)6-11(10)17/h6-7H,4-5,8,14H2,1-3H3,(H,15,17)(H,16,18). The molecule has 5 heteroatoms. The summed E-state index contributed by atoms with van der Waals surface area (Å²) in [5.74, 6) is -0.382. The Labute approximate surface area is 107 Å². The van der Waals surface area contributed by atoms with Crippen molar-refractivity contribution in [2.24, 2.45) is 5.73 Å². The smallest absolute Gasteiger partial charge is 0.256 e. The van der Waals surface area contributed by atoms with Crippen LogP contribution >= 0.6 is 0 Å². The second-order valence-electron chi connectivity index (χ2n) is 4.65. The molecule has 0 fully saturated rings. The molecule has 0 unspecified atom stereocenters. The van der Waals surface area contributed by atoms with Gasteiger partial charge in [0.1, 0.15) is 5.56 Å². The van der Waals surface area contributed by atoms with Crippen LogP contribution < -0.4 is 16.5 Å². The molecule has 0 saturated carbocycles. The summed E-state index contributed by atoms with van der Waals surface area (Å²) in [6.45, 7) is 6.09. The number of nitrogens with one attached hydrogen (secondary N) is 2. The van der Waals surface area contributed by atoms with E-state index in [1.807, 2.05) is 13.8 Å². The molecule has 0 aliphatic carbocycles. The molecule has 0 atom stereocenters. The van der Waals surface area contributed by atoms with Crippen LogP contribution in [0.1, 0.15) is 42.7 Å². The largest absolute Gasteiger partial charge is 0.364 e. The number of aromatic nitrogens is 1. The first-order valence-corrected chi connectivity index (χ1v) is 6.18. The van der Waals surface area contributed by atoms with Crippen molar-refractivity contribution in [1.82, 2.24) is 10.3 Å². The number of carbonyl (C=O) groups is 1. The van der Waals surface area contributed by atoms with Gasteiger partial charge in [0, 0.05) is 30.0 Å². The third kappa shape index (κ3) is 3.43. The van der Waals surface area contributed by atoms with Crippen molar-refractivity contribution < 1.29 is 4.79 Å². The fourth-order valence-corrected chi connectivity index (χ4v) is 1.60. The minimum absolute atomic E-state index is 0.121. The molecule has 0 saturated heterocycles. The number of hydrogen-bond donors (Lipinski definition) is 3. The predicted molar refractivity (Wildman–Crippen MR) is 71.6 cm³/mol. The van der Waals surface area contributed by atoms with E-state index in [2.05, 4.69) is 10.3 Å². The minimum atomic E-state index is -0.410. The van der Waals surface area contributed by atoms with Gasteiger partial charge in [-0.2, -0.15) is 0 Å². The summed E-state index contributed by atoms with van der Waals surface area (Å²) >= 11 is 0. The maximum atomic E-state index is 11.9. The maximum absolute atomic E-state index is 11.9. The Morgan fingerprint density at radius 3 is 2.56 bits per heavy atom. The molecule has 0 aliphatic rings. The molecule has 4 N–H and O–H groups in total. The molecule has 1 rings (SSSR count). The van der Waals surface area contributed by atoms with E-state index in [0.717, 1.165) is 18.5 Å². The number of pyridine rings is 1. The van der Waals surface area contributed by atoms with E-state index in [-0.39, 0.29) is 16.9 Å². The molecule has 5 nitrogen and oxygen atoms in total. The molecular weight excluding hydrogens is 230 g/mol. The van der Waals surface area contributed by atoms with E-state index in [9.17, 15) is 9.59 Å². The van der Waals surface area contributed by atoms with Crippen LogP contribution in [-0.2, 0) is 0 Å². The van der Waals surface area contributed by atoms with Crippen LogP contribution in [0.2, 0.25) is 0 Å². The third-order valence-corrected chi connectivity index (χ3v) is 3.31. The quantitative estimate of drug-likeness (QED) is 0.727. The Morgan fingerprint density at radius 1 is 1.44 bits per heavy atom. The van der Waals surface area contributed by atoms with Gasteiger partial charge in [0.15, 0.2) is 5.43 Å². The Balaban J connectivity index is 2.75. The van der Waals surface area contributed by atoms with Crippen molar-refractivity contribution in [3.05, 3.63) is 33.7 Å². The summed E-state index contributed by atoms with van der Waals surface area (Å²) in [5, 5.41) is 2.72. The van der Waals surface area contributed by atoms with Gasteiger partial charge in [-0.15, -0.1) is 0 Å². The van der Waals surface area contributed by atoms with Gasteiger partial charge >= 0.3 is 0 Å². The van der Waals surface area contributed by atoms with E-state index in [1.54, 1.807) is 6.92 Å². The number of H-pyrrole nitrogens is 1. The second-order valence-corrected chi connectivity index (χ2v) is 4.65. The highest BCUT2D eigenvalue weighted by molar-refractivity contribution is 5.93. The first-order chi connectivity index (χ1) is 8.41. The number of nitrogens with two attached hydrogens (primary N) is 1. The van der Waals surface area contributed by atoms with Crippen molar-refractivity contribution in [3.8, 4) is 0 Å². The molecule has 0 bridgehead atoms. The molecule has 0 radical (unpaired) electrons. The van der Waals surface area contributed by atoms with Gasteiger partial charge in [0.05, 0.1) is 0 Å². The lowest BCUT2D eigenvalue weighted by Gasteiger charge is -2.26. The third-order valence-electron chi connectivity index (χ3n) is 3.31. The van der Waals surface area contributed by atoms with Crippen LogP contribution in [0.25, 0.3) is 0 Å². The zero-order valence-corrected chi connectivity index (χ0v) is 11.2. The van der Waals surface area contributed by atoms with E-state index in [0.29, 0.717) is 6.54 Å². The summed E-state index contributed by atoms with van der Waals surface area (Å²) in [7, 11) is 0. The fourth-order valence-electron chi connectivity index (χ4n) is 1.60. The number of aryl methyl sites for hydroxylation is 1. The predicted octanol–water partition coefficient (Wildman–Crippen LogP) is 0.931. The molecule has 0 spiro atoms. The summed E-state index contributed by atoms with van der Waals surface area (Å²) in [5.41, 5.74) is 6.25. The number of carbonyl (C=O) groups excluding carboxylic acids is 1. The lowest BCUT2D eigenvalue weighted by Crippen LogP contribution is -2.49. The van der Waals surface area contributed by atoms with Crippen molar-refractivity contribution >= 4 is 5.91 Å². The number of aromatic amines is 1. The molecule has 1 aromatic rings. The Bertz CT molecular complexity index is 475. The molecule has 1 amide bonds. The monoisotopic (exact) mass is 251 g/mol. The molecule has 0 aliphatic heterocycles. The van der Waals surface area contributed by atoms with Crippen LogP contribution in [0.4, 0.5) is 0 Å². The topological polar surface area (TPSA) is 88.0 Å². The number of rotatable bonds is 5. The number of amides is 1. The molecule has 1 aromatic heterocycles. The van der Waals surface area contributed by atoms with Crippen molar-refractivity contribution in [3.63, 3.8) is 0 Å².